The summed E-state index contributed by atoms with van der Waals surface area (Å²) in [6, 6.07) is 0.189. The fraction of sp³-hybridized carbons (Fsp3) is 0.778. The van der Waals surface area contributed by atoms with Crippen molar-refractivity contribution in [3.63, 3.8) is 0 Å². The summed E-state index contributed by atoms with van der Waals surface area (Å²) in [7, 11) is 0. The van der Waals surface area contributed by atoms with Crippen LogP contribution in [0.3, 0.4) is 0 Å². The predicted octanol–water partition coefficient (Wildman–Crippen LogP) is 0.558. The first-order valence-electron chi connectivity index (χ1n) is 9.83. The highest BCUT2D eigenvalue weighted by Gasteiger charge is 2.27. The molecule has 2 aliphatic heterocycles. The molecule has 2 aliphatic rings. The second-order valence-corrected chi connectivity index (χ2v) is 6.93. The van der Waals surface area contributed by atoms with Crippen molar-refractivity contribution in [3.8, 4) is 0 Å². The Morgan fingerprint density at radius 2 is 2.07 bits per heavy atom. The molecule has 1 aromatic rings. The number of morpholine rings is 1. The number of piperidine rings is 1. The zero-order valence-corrected chi connectivity index (χ0v) is 16.0. The van der Waals surface area contributed by atoms with Crippen LogP contribution in [-0.4, -0.2) is 88.7 Å². The van der Waals surface area contributed by atoms with Gasteiger partial charge in [0, 0.05) is 38.8 Å². The fourth-order valence-electron chi connectivity index (χ4n) is 3.62. The molecule has 2 saturated heterocycles. The molecule has 2 amide bonds. The van der Waals surface area contributed by atoms with E-state index in [1.807, 2.05) is 11.8 Å². The van der Waals surface area contributed by atoms with Crippen molar-refractivity contribution in [2.75, 3.05) is 46.1 Å². The molecule has 0 radical (unpaired) electrons. The van der Waals surface area contributed by atoms with Crippen LogP contribution in [0.2, 0.25) is 0 Å². The van der Waals surface area contributed by atoms with E-state index >= 15 is 0 Å². The maximum absolute atomic E-state index is 12.4. The molecule has 150 valence electrons. The zero-order chi connectivity index (χ0) is 19.1. The Kier molecular flexibility index (Phi) is 7.17. The van der Waals surface area contributed by atoms with Gasteiger partial charge in [-0.3, -0.25) is 14.3 Å². The van der Waals surface area contributed by atoms with E-state index in [0.29, 0.717) is 45.1 Å². The van der Waals surface area contributed by atoms with E-state index in [1.165, 1.54) is 0 Å². The van der Waals surface area contributed by atoms with Crippen molar-refractivity contribution in [2.24, 2.45) is 0 Å². The van der Waals surface area contributed by atoms with Gasteiger partial charge < -0.3 is 19.3 Å². The summed E-state index contributed by atoms with van der Waals surface area (Å²) in [5.41, 5.74) is 0.366. The number of carbonyl (C=O) groups is 2. The Morgan fingerprint density at radius 3 is 2.85 bits per heavy atom. The number of likely N-dealkylation sites (tertiary alicyclic amines) is 1. The van der Waals surface area contributed by atoms with Crippen LogP contribution in [0.25, 0.3) is 0 Å². The lowest BCUT2D eigenvalue weighted by Gasteiger charge is -2.35. The summed E-state index contributed by atoms with van der Waals surface area (Å²) in [4.78, 5) is 28.5. The maximum Gasteiger partial charge on any atom is 0.276 e. The van der Waals surface area contributed by atoms with E-state index < -0.39 is 0 Å². The monoisotopic (exact) mass is 379 g/mol. The number of aromatic nitrogens is 3. The summed E-state index contributed by atoms with van der Waals surface area (Å²) in [6.45, 7) is 6.30. The summed E-state index contributed by atoms with van der Waals surface area (Å²) in [5.74, 6) is -0.0425. The van der Waals surface area contributed by atoms with Gasteiger partial charge in [0.25, 0.3) is 5.91 Å². The number of ether oxygens (including phenoxy) is 2. The third kappa shape index (κ3) is 5.26. The topological polar surface area (TPSA) is 89.8 Å². The van der Waals surface area contributed by atoms with Crippen molar-refractivity contribution in [1.82, 2.24) is 24.8 Å². The lowest BCUT2D eigenvalue weighted by molar-refractivity contribution is -0.139. The molecule has 0 aliphatic carbocycles. The molecular weight excluding hydrogens is 350 g/mol. The van der Waals surface area contributed by atoms with Gasteiger partial charge in [0.05, 0.1) is 19.4 Å². The molecule has 2 fully saturated rings. The van der Waals surface area contributed by atoms with Crippen LogP contribution in [0, 0.1) is 0 Å². The lowest BCUT2D eigenvalue weighted by Crippen LogP contribution is -2.45. The molecule has 27 heavy (non-hydrogen) atoms. The minimum atomic E-state index is -0.101. The number of hydrogen-bond donors (Lipinski definition) is 0. The van der Waals surface area contributed by atoms with Gasteiger partial charge in [-0.1, -0.05) is 5.21 Å². The highest BCUT2D eigenvalue weighted by Crippen LogP contribution is 2.20. The number of amides is 2. The van der Waals surface area contributed by atoms with Gasteiger partial charge in [-0.05, 0) is 32.6 Å². The highest BCUT2D eigenvalue weighted by atomic mass is 16.5. The van der Waals surface area contributed by atoms with Crippen molar-refractivity contribution in [2.45, 2.75) is 45.2 Å². The van der Waals surface area contributed by atoms with E-state index in [-0.39, 0.29) is 24.5 Å². The summed E-state index contributed by atoms with van der Waals surface area (Å²) in [6.07, 6.45) is 5.66. The quantitative estimate of drug-likeness (QED) is 0.688. The van der Waals surface area contributed by atoms with E-state index in [2.05, 4.69) is 10.3 Å². The third-order valence-corrected chi connectivity index (χ3v) is 5.12. The van der Waals surface area contributed by atoms with Gasteiger partial charge in [0.1, 0.15) is 6.61 Å². The zero-order valence-electron chi connectivity index (χ0n) is 16.0. The normalized spacial score (nSPS) is 20.7. The van der Waals surface area contributed by atoms with Crippen LogP contribution in [-0.2, 0) is 20.8 Å². The van der Waals surface area contributed by atoms with Crippen LogP contribution in [0.5, 0.6) is 0 Å². The standard InChI is InChI=1S/C18H29N5O4/c1-2-26-14-17(24)23-7-4-3-5-15(23)6-8-22-13-16(19-20-22)18(25)21-9-11-27-12-10-21/h13,15H,2-12,14H2,1H3. The van der Waals surface area contributed by atoms with Gasteiger partial charge in [0.15, 0.2) is 5.69 Å². The summed E-state index contributed by atoms with van der Waals surface area (Å²) < 4.78 is 12.3. The molecule has 1 atom stereocenters. The van der Waals surface area contributed by atoms with Crippen LogP contribution in [0.4, 0.5) is 0 Å². The minimum absolute atomic E-state index is 0.0586. The Labute approximate surface area is 159 Å². The molecule has 0 spiro atoms. The Hall–Kier alpha value is -2.00. The average Bonchev–Trinajstić information content (AvgIpc) is 3.20. The van der Waals surface area contributed by atoms with Crippen molar-refractivity contribution in [3.05, 3.63) is 11.9 Å². The lowest BCUT2D eigenvalue weighted by atomic mass is 9.99. The van der Waals surface area contributed by atoms with Gasteiger partial charge >= 0.3 is 0 Å². The van der Waals surface area contributed by atoms with E-state index in [0.717, 1.165) is 32.2 Å². The first-order valence-corrected chi connectivity index (χ1v) is 9.83. The number of rotatable bonds is 7. The smallest absolute Gasteiger partial charge is 0.276 e. The second kappa shape index (κ2) is 9.80. The fourth-order valence-corrected chi connectivity index (χ4v) is 3.62. The summed E-state index contributed by atoms with van der Waals surface area (Å²) >= 11 is 0. The van der Waals surface area contributed by atoms with Crippen molar-refractivity contribution in [1.29, 1.82) is 0 Å². The van der Waals surface area contributed by atoms with Crippen LogP contribution in [0.1, 0.15) is 43.1 Å². The van der Waals surface area contributed by atoms with E-state index in [1.54, 1.807) is 15.8 Å². The van der Waals surface area contributed by atoms with Crippen LogP contribution < -0.4 is 0 Å². The van der Waals surface area contributed by atoms with Crippen LogP contribution >= 0.6 is 0 Å². The SMILES string of the molecule is CCOCC(=O)N1CCCCC1CCn1cc(C(=O)N2CCOCC2)nn1. The Bertz CT molecular complexity index is 629. The first-order chi connectivity index (χ1) is 13.2. The van der Waals surface area contributed by atoms with Gasteiger partial charge in [-0.15, -0.1) is 5.10 Å². The van der Waals surface area contributed by atoms with Gasteiger partial charge in [-0.2, -0.15) is 0 Å². The molecule has 9 nitrogen and oxygen atoms in total. The van der Waals surface area contributed by atoms with Crippen LogP contribution in [0.15, 0.2) is 6.20 Å². The molecule has 0 saturated carbocycles. The average molecular weight is 379 g/mol. The number of nitrogens with zero attached hydrogens (tertiary/aromatic N) is 5. The number of carbonyl (C=O) groups excluding carboxylic acids is 2. The highest BCUT2D eigenvalue weighted by molar-refractivity contribution is 5.92. The number of aryl methyl sites for hydroxylation is 1. The molecule has 1 unspecified atom stereocenters. The molecule has 0 N–H and O–H groups in total. The van der Waals surface area contributed by atoms with E-state index in [4.69, 9.17) is 9.47 Å². The maximum atomic E-state index is 12.4. The van der Waals surface area contributed by atoms with Crippen molar-refractivity contribution < 1.29 is 19.1 Å². The molecular formula is C18H29N5O4. The molecule has 0 bridgehead atoms. The Morgan fingerprint density at radius 1 is 1.26 bits per heavy atom. The predicted molar refractivity (Wildman–Crippen MR) is 97.2 cm³/mol. The van der Waals surface area contributed by atoms with Crippen molar-refractivity contribution >= 4 is 11.8 Å². The molecule has 1 aromatic heterocycles. The number of hydrogen-bond acceptors (Lipinski definition) is 6. The molecule has 3 rings (SSSR count). The Balaban J connectivity index is 1.53. The molecule has 9 heteroatoms. The van der Waals surface area contributed by atoms with Gasteiger partial charge in [0.2, 0.25) is 5.91 Å². The molecule has 3 heterocycles. The molecule has 0 aromatic carbocycles. The largest absolute Gasteiger partial charge is 0.378 e. The third-order valence-electron chi connectivity index (χ3n) is 5.12. The minimum Gasteiger partial charge on any atom is -0.378 e. The van der Waals surface area contributed by atoms with Gasteiger partial charge in [-0.25, -0.2) is 0 Å². The second-order valence-electron chi connectivity index (χ2n) is 6.93. The van der Waals surface area contributed by atoms with E-state index in [9.17, 15) is 9.59 Å². The summed E-state index contributed by atoms with van der Waals surface area (Å²) in [5, 5.41) is 8.13. The first kappa shape index (κ1) is 19.8.